The van der Waals surface area contributed by atoms with E-state index in [-0.39, 0.29) is 29.9 Å². The first-order valence-corrected chi connectivity index (χ1v) is 10.0. The van der Waals surface area contributed by atoms with Crippen LogP contribution in [0.3, 0.4) is 0 Å². The quantitative estimate of drug-likeness (QED) is 0.310. The van der Waals surface area contributed by atoms with Crippen LogP contribution >= 0.6 is 24.0 Å². The number of nitrogens with one attached hydrogen (secondary N) is 1. The third-order valence-corrected chi connectivity index (χ3v) is 5.21. The molecule has 0 aliphatic carbocycles. The summed E-state index contributed by atoms with van der Waals surface area (Å²) in [5.41, 5.74) is 2.43. The number of piperazine rings is 1. The topological polar surface area (TPSA) is 78.9 Å². The molecule has 9 heteroatoms. The molecule has 0 bridgehead atoms. The lowest BCUT2D eigenvalue weighted by molar-refractivity contribution is 0.0657. The smallest absolute Gasteiger partial charge is 0.289 e. The number of amides is 1. The number of imidazole rings is 1. The Morgan fingerprint density at radius 3 is 2.42 bits per heavy atom. The van der Waals surface area contributed by atoms with Crippen molar-refractivity contribution >= 4 is 35.8 Å². The van der Waals surface area contributed by atoms with Gasteiger partial charge in [-0.3, -0.25) is 9.79 Å². The normalized spacial score (nSPS) is 14.3. The van der Waals surface area contributed by atoms with Crippen LogP contribution < -0.4 is 5.32 Å². The van der Waals surface area contributed by atoms with E-state index in [1.165, 1.54) is 17.4 Å². The maximum Gasteiger partial charge on any atom is 0.289 e. The number of guanidine groups is 1. The first-order valence-electron chi connectivity index (χ1n) is 10.0. The number of benzene rings is 1. The van der Waals surface area contributed by atoms with E-state index in [4.69, 9.17) is 4.42 Å². The van der Waals surface area contributed by atoms with E-state index in [1.54, 1.807) is 25.4 Å². The van der Waals surface area contributed by atoms with Gasteiger partial charge in [0.15, 0.2) is 11.7 Å². The molecule has 1 amide bonds. The summed E-state index contributed by atoms with van der Waals surface area (Å²) in [6, 6.07) is 12.0. The average molecular weight is 534 g/mol. The second kappa shape index (κ2) is 11.0. The van der Waals surface area contributed by atoms with Crippen LogP contribution in [0.4, 0.5) is 0 Å². The minimum Gasteiger partial charge on any atom is -0.459 e. The maximum absolute atomic E-state index is 12.4. The highest BCUT2D eigenvalue weighted by molar-refractivity contribution is 14.0. The van der Waals surface area contributed by atoms with Crippen molar-refractivity contribution in [2.45, 2.75) is 13.1 Å². The number of aliphatic imine (C=N–C) groups is 1. The van der Waals surface area contributed by atoms with Gasteiger partial charge in [-0.1, -0.05) is 24.3 Å². The molecule has 4 rings (SSSR count). The summed E-state index contributed by atoms with van der Waals surface area (Å²) in [5.74, 6) is 1.18. The van der Waals surface area contributed by atoms with E-state index in [9.17, 15) is 4.79 Å². The minimum absolute atomic E-state index is 0. The molecule has 0 radical (unpaired) electrons. The van der Waals surface area contributed by atoms with Gasteiger partial charge in [0.25, 0.3) is 5.91 Å². The predicted octanol–water partition coefficient (Wildman–Crippen LogP) is 2.68. The SMILES string of the molecule is CN=C(NCc1ccc(Cn2ccnc2)cc1)N1CCN(C(=O)c2ccco2)CC1.I. The molecule has 0 atom stereocenters. The molecule has 8 nitrogen and oxygen atoms in total. The van der Waals surface area contributed by atoms with Crippen LogP contribution in [0, 0.1) is 0 Å². The fourth-order valence-electron chi connectivity index (χ4n) is 3.54. The summed E-state index contributed by atoms with van der Waals surface area (Å²) in [6.07, 6.45) is 7.10. The summed E-state index contributed by atoms with van der Waals surface area (Å²) in [7, 11) is 1.79. The Bertz CT molecular complexity index is 962. The molecule has 0 unspecified atom stereocenters. The number of furan rings is 1. The van der Waals surface area contributed by atoms with Gasteiger partial charge >= 0.3 is 0 Å². The van der Waals surface area contributed by atoms with Crippen LogP contribution in [0.25, 0.3) is 0 Å². The monoisotopic (exact) mass is 534 g/mol. The van der Waals surface area contributed by atoms with Crippen molar-refractivity contribution in [1.82, 2.24) is 24.7 Å². The molecule has 1 aromatic carbocycles. The Kier molecular flexibility index (Phi) is 8.10. The van der Waals surface area contributed by atoms with Gasteiger partial charge in [0.05, 0.1) is 12.6 Å². The standard InChI is InChI=1S/C22H26N6O2.HI/c1-23-22(28-12-10-27(11-13-28)21(29)20-3-2-14-30-20)25-15-18-4-6-19(7-5-18)16-26-9-8-24-17-26;/h2-9,14,17H,10-13,15-16H2,1H3,(H,23,25);1H. The summed E-state index contributed by atoms with van der Waals surface area (Å²) in [4.78, 5) is 24.9. The molecule has 1 saturated heterocycles. The average Bonchev–Trinajstić information content (AvgIpc) is 3.50. The lowest BCUT2D eigenvalue weighted by Crippen LogP contribution is -2.53. The van der Waals surface area contributed by atoms with Crippen molar-refractivity contribution in [3.63, 3.8) is 0 Å². The number of rotatable bonds is 5. The van der Waals surface area contributed by atoms with Crippen molar-refractivity contribution < 1.29 is 9.21 Å². The first kappa shape index (κ1) is 22.9. The predicted molar refractivity (Wildman–Crippen MR) is 130 cm³/mol. The molecular weight excluding hydrogens is 507 g/mol. The summed E-state index contributed by atoms with van der Waals surface area (Å²) < 4.78 is 7.27. The Morgan fingerprint density at radius 2 is 1.81 bits per heavy atom. The summed E-state index contributed by atoms with van der Waals surface area (Å²) >= 11 is 0. The lowest BCUT2D eigenvalue weighted by atomic mass is 10.1. The van der Waals surface area contributed by atoms with Gasteiger partial charge in [0, 0.05) is 58.7 Å². The molecule has 0 spiro atoms. The zero-order valence-corrected chi connectivity index (χ0v) is 19.8. The van der Waals surface area contributed by atoms with Crippen LogP contribution in [-0.2, 0) is 13.1 Å². The third-order valence-electron chi connectivity index (χ3n) is 5.21. The Hall–Kier alpha value is -2.82. The van der Waals surface area contributed by atoms with Crippen LogP contribution in [0.2, 0.25) is 0 Å². The molecule has 164 valence electrons. The number of hydrogen-bond donors (Lipinski definition) is 1. The highest BCUT2D eigenvalue weighted by atomic mass is 127. The number of carbonyl (C=O) groups excluding carboxylic acids is 1. The highest BCUT2D eigenvalue weighted by Gasteiger charge is 2.25. The second-order valence-electron chi connectivity index (χ2n) is 7.21. The highest BCUT2D eigenvalue weighted by Crippen LogP contribution is 2.10. The van der Waals surface area contributed by atoms with Crippen LogP contribution in [0.1, 0.15) is 21.7 Å². The van der Waals surface area contributed by atoms with Crippen molar-refractivity contribution in [1.29, 1.82) is 0 Å². The zero-order valence-electron chi connectivity index (χ0n) is 17.5. The van der Waals surface area contributed by atoms with E-state index in [0.717, 1.165) is 25.6 Å². The van der Waals surface area contributed by atoms with Crippen LogP contribution in [-0.4, -0.2) is 64.4 Å². The molecule has 1 N–H and O–H groups in total. The van der Waals surface area contributed by atoms with Gasteiger partial charge in [-0.05, 0) is 23.3 Å². The molecule has 31 heavy (non-hydrogen) atoms. The Morgan fingerprint density at radius 1 is 1.10 bits per heavy atom. The number of nitrogens with zero attached hydrogens (tertiary/aromatic N) is 5. The van der Waals surface area contributed by atoms with Crippen molar-refractivity contribution in [2.24, 2.45) is 4.99 Å². The van der Waals surface area contributed by atoms with Crippen molar-refractivity contribution in [3.8, 4) is 0 Å². The molecule has 1 aliphatic heterocycles. The van der Waals surface area contributed by atoms with Crippen molar-refractivity contribution in [3.05, 3.63) is 78.3 Å². The molecule has 3 heterocycles. The van der Waals surface area contributed by atoms with Gasteiger partial charge < -0.3 is 24.1 Å². The Balaban J connectivity index is 0.00000272. The summed E-state index contributed by atoms with van der Waals surface area (Å²) in [6.45, 7) is 4.26. The van der Waals surface area contributed by atoms with Gasteiger partial charge in [0.2, 0.25) is 0 Å². The molecule has 0 saturated carbocycles. The maximum atomic E-state index is 12.4. The van der Waals surface area contributed by atoms with Gasteiger partial charge in [-0.2, -0.15) is 0 Å². The third kappa shape index (κ3) is 5.87. The summed E-state index contributed by atoms with van der Waals surface area (Å²) in [5, 5.41) is 3.43. The van der Waals surface area contributed by atoms with Crippen LogP contribution in [0.5, 0.6) is 0 Å². The molecule has 2 aromatic heterocycles. The minimum atomic E-state index is -0.0571. The van der Waals surface area contributed by atoms with Crippen molar-refractivity contribution in [2.75, 3.05) is 33.2 Å². The number of carbonyl (C=O) groups is 1. The molecule has 1 aliphatic rings. The molecule has 3 aromatic rings. The zero-order chi connectivity index (χ0) is 20.8. The van der Waals surface area contributed by atoms with E-state index in [0.29, 0.717) is 25.4 Å². The fourth-order valence-corrected chi connectivity index (χ4v) is 3.54. The number of aromatic nitrogens is 2. The van der Waals surface area contributed by atoms with Crippen LogP contribution in [0.15, 0.2) is 70.8 Å². The fraction of sp³-hybridized carbons (Fsp3) is 0.318. The van der Waals surface area contributed by atoms with E-state index < -0.39 is 0 Å². The number of halogens is 1. The van der Waals surface area contributed by atoms with E-state index in [2.05, 4.69) is 44.5 Å². The second-order valence-corrected chi connectivity index (χ2v) is 7.21. The van der Waals surface area contributed by atoms with E-state index in [1.807, 2.05) is 22.0 Å². The largest absolute Gasteiger partial charge is 0.459 e. The molecule has 1 fully saturated rings. The number of hydrogen-bond acceptors (Lipinski definition) is 4. The van der Waals surface area contributed by atoms with Gasteiger partial charge in [-0.25, -0.2) is 4.98 Å². The molecular formula is C22H27IN6O2. The van der Waals surface area contributed by atoms with Gasteiger partial charge in [-0.15, -0.1) is 24.0 Å². The van der Waals surface area contributed by atoms with Gasteiger partial charge in [0.1, 0.15) is 0 Å². The lowest BCUT2D eigenvalue weighted by Gasteiger charge is -2.36. The Labute approximate surface area is 199 Å². The first-order chi connectivity index (χ1) is 14.7. The van der Waals surface area contributed by atoms with E-state index >= 15 is 0 Å².